The lowest BCUT2D eigenvalue weighted by atomic mass is 10.2. The number of carbonyl (C=O) groups is 2. The number of benzene rings is 2. The Hall–Kier alpha value is -3.53. The molecule has 166 valence electrons. The summed E-state index contributed by atoms with van der Waals surface area (Å²) in [5.41, 5.74) is 0.413. The lowest BCUT2D eigenvalue weighted by Gasteiger charge is -2.15. The molecule has 0 aliphatic heterocycles. The normalized spacial score (nSPS) is 11.6. The summed E-state index contributed by atoms with van der Waals surface area (Å²) < 4.78 is 28.6. The van der Waals surface area contributed by atoms with Crippen LogP contribution in [-0.2, 0) is 11.3 Å². The van der Waals surface area contributed by atoms with Gasteiger partial charge in [0, 0.05) is 12.2 Å². The molecule has 3 rings (SSSR count). The first kappa shape index (κ1) is 23.1. The van der Waals surface area contributed by atoms with Crippen LogP contribution in [-0.4, -0.2) is 32.3 Å². The molecule has 0 saturated carbocycles. The van der Waals surface area contributed by atoms with Crippen molar-refractivity contribution in [1.29, 1.82) is 0 Å². The second kappa shape index (κ2) is 10.7. The summed E-state index contributed by atoms with van der Waals surface area (Å²) in [5.74, 6) is -1.39. The predicted molar refractivity (Wildman–Crippen MR) is 118 cm³/mol. The molecule has 2 aromatic carbocycles. The predicted octanol–water partition coefficient (Wildman–Crippen LogP) is 3.96. The minimum atomic E-state index is -0.617. The first-order valence-corrected chi connectivity index (χ1v) is 10.6. The molecule has 0 aliphatic rings. The Kier molecular flexibility index (Phi) is 7.72. The lowest BCUT2D eigenvalue weighted by Crippen LogP contribution is -2.29. The highest BCUT2D eigenvalue weighted by molar-refractivity contribution is 7.99. The number of halogens is 2. The zero-order chi connectivity index (χ0) is 23.1. The highest BCUT2D eigenvalue weighted by atomic mass is 32.2. The van der Waals surface area contributed by atoms with Crippen molar-refractivity contribution in [2.24, 2.45) is 0 Å². The quantitative estimate of drug-likeness (QED) is 0.375. The van der Waals surface area contributed by atoms with Gasteiger partial charge in [-0.2, -0.15) is 0 Å². The minimum Gasteiger partial charge on any atom is -0.342 e. The van der Waals surface area contributed by atoms with E-state index in [1.165, 1.54) is 42.5 Å². The van der Waals surface area contributed by atoms with E-state index in [4.69, 9.17) is 0 Å². The lowest BCUT2D eigenvalue weighted by molar-refractivity contribution is -0.113. The maximum Gasteiger partial charge on any atom is 0.254 e. The number of anilines is 1. The average Bonchev–Trinajstić information content (AvgIpc) is 3.17. The van der Waals surface area contributed by atoms with E-state index in [0.29, 0.717) is 23.2 Å². The zero-order valence-corrected chi connectivity index (χ0v) is 18.0. The topological polar surface area (TPSA) is 88.9 Å². The minimum absolute atomic E-state index is 0.0443. The monoisotopic (exact) mass is 457 g/mol. The van der Waals surface area contributed by atoms with E-state index in [9.17, 15) is 18.4 Å². The maximum atomic E-state index is 13.9. The second-order valence-electron chi connectivity index (χ2n) is 6.76. The fourth-order valence-electron chi connectivity index (χ4n) is 2.87. The molecule has 1 atom stereocenters. The van der Waals surface area contributed by atoms with E-state index in [2.05, 4.69) is 27.4 Å². The van der Waals surface area contributed by atoms with Crippen LogP contribution < -0.4 is 10.6 Å². The molecule has 10 heteroatoms. The van der Waals surface area contributed by atoms with Crippen molar-refractivity contribution in [3.63, 3.8) is 0 Å². The first-order valence-electron chi connectivity index (χ1n) is 9.66. The van der Waals surface area contributed by atoms with Gasteiger partial charge in [0.1, 0.15) is 11.6 Å². The number of nitrogens with zero attached hydrogens (tertiary/aromatic N) is 3. The highest BCUT2D eigenvalue weighted by Crippen LogP contribution is 2.22. The Morgan fingerprint density at radius 2 is 1.88 bits per heavy atom. The van der Waals surface area contributed by atoms with Crippen molar-refractivity contribution in [1.82, 2.24) is 20.1 Å². The smallest absolute Gasteiger partial charge is 0.254 e. The summed E-state index contributed by atoms with van der Waals surface area (Å²) in [6.07, 6.45) is 1.64. The second-order valence-corrected chi connectivity index (χ2v) is 7.70. The molecule has 3 aromatic rings. The molecule has 0 radical (unpaired) electrons. The number of rotatable bonds is 9. The van der Waals surface area contributed by atoms with Gasteiger partial charge in [-0.25, -0.2) is 8.78 Å². The third-order valence-corrected chi connectivity index (χ3v) is 5.34. The third kappa shape index (κ3) is 5.79. The number of aromatic nitrogens is 3. The molecule has 2 N–H and O–H groups in total. The van der Waals surface area contributed by atoms with Crippen LogP contribution in [0.5, 0.6) is 0 Å². The molecule has 0 aliphatic carbocycles. The van der Waals surface area contributed by atoms with Crippen LogP contribution in [0, 0.1) is 11.6 Å². The van der Waals surface area contributed by atoms with Gasteiger partial charge in [-0.1, -0.05) is 30.0 Å². The first-order chi connectivity index (χ1) is 15.4. The van der Waals surface area contributed by atoms with E-state index >= 15 is 0 Å². The van der Waals surface area contributed by atoms with Gasteiger partial charge in [0.25, 0.3) is 5.91 Å². The molecule has 0 spiro atoms. The fourth-order valence-corrected chi connectivity index (χ4v) is 3.63. The van der Waals surface area contributed by atoms with Gasteiger partial charge >= 0.3 is 0 Å². The molecule has 2 amide bonds. The number of nitrogens with one attached hydrogen (secondary N) is 2. The van der Waals surface area contributed by atoms with E-state index in [0.717, 1.165) is 11.8 Å². The zero-order valence-electron chi connectivity index (χ0n) is 17.2. The Morgan fingerprint density at radius 1 is 1.16 bits per heavy atom. The molecule has 0 fully saturated rings. The van der Waals surface area contributed by atoms with Crippen LogP contribution in [0.15, 0.2) is 66.3 Å². The summed E-state index contributed by atoms with van der Waals surface area (Å²) in [4.78, 5) is 24.6. The molecule has 1 aromatic heterocycles. The number of carbonyl (C=O) groups excluding carboxylic acids is 2. The number of thioether (sulfide) groups is 1. The van der Waals surface area contributed by atoms with Crippen LogP contribution in [0.2, 0.25) is 0 Å². The van der Waals surface area contributed by atoms with E-state index in [-0.39, 0.29) is 17.2 Å². The summed E-state index contributed by atoms with van der Waals surface area (Å²) >= 11 is 1.16. The van der Waals surface area contributed by atoms with Crippen molar-refractivity contribution in [3.05, 3.63) is 84.2 Å². The Bertz CT molecular complexity index is 1120. The van der Waals surface area contributed by atoms with Crippen LogP contribution in [0.25, 0.3) is 0 Å². The number of hydrogen-bond donors (Lipinski definition) is 2. The van der Waals surface area contributed by atoms with Crippen LogP contribution in [0.1, 0.15) is 29.1 Å². The van der Waals surface area contributed by atoms with Crippen LogP contribution in [0.4, 0.5) is 14.5 Å². The fraction of sp³-hybridized carbons (Fsp3) is 0.182. The Morgan fingerprint density at radius 3 is 2.56 bits per heavy atom. The summed E-state index contributed by atoms with van der Waals surface area (Å²) in [5, 5.41) is 14.1. The van der Waals surface area contributed by atoms with Gasteiger partial charge in [-0.3, -0.25) is 9.59 Å². The number of allylic oxidation sites excluding steroid dienone is 1. The summed E-state index contributed by atoms with van der Waals surface area (Å²) in [6, 6.07) is 10.6. The third-order valence-electron chi connectivity index (χ3n) is 4.37. The molecule has 32 heavy (non-hydrogen) atoms. The summed E-state index contributed by atoms with van der Waals surface area (Å²) in [7, 11) is 0. The highest BCUT2D eigenvalue weighted by Gasteiger charge is 2.21. The van der Waals surface area contributed by atoms with E-state index in [1.807, 2.05) is 0 Å². The molecular weight excluding hydrogens is 436 g/mol. The molecular formula is C22H21F2N5O2S. The van der Waals surface area contributed by atoms with E-state index < -0.39 is 23.6 Å². The molecule has 7 nitrogen and oxygen atoms in total. The van der Waals surface area contributed by atoms with Gasteiger partial charge in [0.05, 0.1) is 17.4 Å². The standard InChI is InChI=1S/C22H21F2N5O2S/c1-3-12-29-20(14(2)25-21(31)17-6-4-5-7-18(17)24)27-28-22(29)32-13-19(30)26-16-10-8-15(23)9-11-16/h3-11,14H,1,12-13H2,2H3,(H,25,31)(H,26,30). The average molecular weight is 458 g/mol. The van der Waals surface area contributed by atoms with E-state index in [1.54, 1.807) is 23.6 Å². The molecule has 1 unspecified atom stereocenters. The van der Waals surface area contributed by atoms with Gasteiger partial charge in [-0.05, 0) is 43.3 Å². The van der Waals surface area contributed by atoms with Crippen LogP contribution >= 0.6 is 11.8 Å². The van der Waals surface area contributed by atoms with Gasteiger partial charge in [0.15, 0.2) is 11.0 Å². The molecule has 1 heterocycles. The Labute approximate surface area is 187 Å². The molecule has 0 saturated heterocycles. The Balaban J connectivity index is 1.67. The van der Waals surface area contributed by atoms with Crippen LogP contribution in [0.3, 0.4) is 0 Å². The summed E-state index contributed by atoms with van der Waals surface area (Å²) in [6.45, 7) is 5.78. The van der Waals surface area contributed by atoms with Crippen molar-refractivity contribution in [2.45, 2.75) is 24.7 Å². The van der Waals surface area contributed by atoms with Crippen molar-refractivity contribution in [3.8, 4) is 0 Å². The van der Waals surface area contributed by atoms with Gasteiger partial charge < -0.3 is 15.2 Å². The SMILES string of the molecule is C=CCn1c(SCC(=O)Nc2ccc(F)cc2)nnc1C(C)NC(=O)c1ccccc1F. The number of amides is 2. The molecule has 0 bridgehead atoms. The van der Waals surface area contributed by atoms with Gasteiger partial charge in [-0.15, -0.1) is 16.8 Å². The van der Waals surface area contributed by atoms with Gasteiger partial charge in [0.2, 0.25) is 5.91 Å². The van der Waals surface area contributed by atoms with Crippen molar-refractivity contribution in [2.75, 3.05) is 11.1 Å². The van der Waals surface area contributed by atoms with Crippen molar-refractivity contribution < 1.29 is 18.4 Å². The largest absolute Gasteiger partial charge is 0.342 e. The van der Waals surface area contributed by atoms with Crippen molar-refractivity contribution >= 4 is 29.3 Å². The maximum absolute atomic E-state index is 13.9. The number of hydrogen-bond acceptors (Lipinski definition) is 5.